The monoisotopic (exact) mass is 554 g/mol. The van der Waals surface area contributed by atoms with E-state index in [0.717, 1.165) is 49.8 Å². The van der Waals surface area contributed by atoms with Crippen LogP contribution in [0.4, 0.5) is 9.93 Å². The first-order valence-corrected chi connectivity index (χ1v) is 14.9. The number of nitrogens with one attached hydrogen (secondary N) is 1. The highest BCUT2D eigenvalue weighted by molar-refractivity contribution is 7.13. The summed E-state index contributed by atoms with van der Waals surface area (Å²) in [7, 11) is 1.32. The number of thiazole rings is 1. The molecule has 0 spiro atoms. The number of nitrogens with zero attached hydrogens (tertiary/aromatic N) is 3. The van der Waals surface area contributed by atoms with E-state index in [1.54, 1.807) is 4.90 Å². The highest BCUT2D eigenvalue weighted by Crippen LogP contribution is 2.31. The van der Waals surface area contributed by atoms with Gasteiger partial charge in [0.1, 0.15) is 18.2 Å². The van der Waals surface area contributed by atoms with E-state index < -0.39 is 30.3 Å². The molecule has 0 aliphatic carbocycles. The summed E-state index contributed by atoms with van der Waals surface area (Å²) >= 11 is 1.50. The number of hydrogen-bond acceptors (Lipinski definition) is 8. The lowest BCUT2D eigenvalue weighted by molar-refractivity contribution is -0.151. The average molecular weight is 555 g/mol. The summed E-state index contributed by atoms with van der Waals surface area (Å²) in [6.45, 7) is 5.22. The molecule has 1 aromatic carbocycles. The van der Waals surface area contributed by atoms with Crippen LogP contribution < -0.4 is 5.32 Å². The molecule has 1 fully saturated rings. The van der Waals surface area contributed by atoms with Crippen molar-refractivity contribution in [1.82, 2.24) is 14.8 Å². The molecule has 39 heavy (non-hydrogen) atoms. The third-order valence-corrected chi connectivity index (χ3v) is 9.14. The Balaban J connectivity index is 1.43. The highest BCUT2D eigenvalue weighted by Gasteiger charge is 2.45. The number of rotatable bonds is 3. The highest BCUT2D eigenvalue weighted by atomic mass is 32.1. The smallest absolute Gasteiger partial charge is 0.410 e. The first-order valence-electron chi connectivity index (χ1n) is 14.0. The maximum Gasteiger partial charge on any atom is 0.410 e. The van der Waals surface area contributed by atoms with E-state index in [1.165, 1.54) is 34.5 Å². The molecule has 2 amide bonds. The molecule has 1 N–H and O–H groups in total. The Hall–Kier alpha value is -3.14. The second-order valence-electron chi connectivity index (χ2n) is 10.9. The van der Waals surface area contributed by atoms with E-state index in [1.807, 2.05) is 13.8 Å². The third kappa shape index (κ3) is 5.90. The van der Waals surface area contributed by atoms with Gasteiger partial charge in [-0.3, -0.25) is 9.69 Å². The normalized spacial score (nSPS) is 24.6. The summed E-state index contributed by atoms with van der Waals surface area (Å²) in [5.41, 5.74) is 4.69. The topological polar surface area (TPSA) is 101 Å². The van der Waals surface area contributed by atoms with Gasteiger partial charge in [0.25, 0.3) is 0 Å². The lowest BCUT2D eigenvalue weighted by Gasteiger charge is -2.30. The van der Waals surface area contributed by atoms with Crippen LogP contribution in [-0.4, -0.2) is 64.6 Å². The zero-order valence-electron chi connectivity index (χ0n) is 23.0. The third-order valence-electron chi connectivity index (χ3n) is 8.31. The van der Waals surface area contributed by atoms with Crippen LogP contribution in [-0.2, 0) is 45.0 Å². The minimum Gasteiger partial charge on any atom is -0.467 e. The molecule has 4 atom stereocenters. The van der Waals surface area contributed by atoms with Crippen LogP contribution in [0.5, 0.6) is 0 Å². The number of methoxy groups -OCH3 is 1. The number of fused-ring (bicyclic) bond motifs is 5. The predicted octanol–water partition coefficient (Wildman–Crippen LogP) is 4.53. The van der Waals surface area contributed by atoms with E-state index in [9.17, 15) is 14.4 Å². The molecule has 5 rings (SSSR count). The maximum atomic E-state index is 13.9. The minimum atomic E-state index is -0.808. The van der Waals surface area contributed by atoms with Crippen molar-refractivity contribution in [1.29, 1.82) is 0 Å². The van der Waals surface area contributed by atoms with Gasteiger partial charge in [-0.25, -0.2) is 14.6 Å². The van der Waals surface area contributed by atoms with Gasteiger partial charge in [0.05, 0.1) is 19.3 Å². The molecule has 4 heterocycles. The molecule has 0 radical (unpaired) electrons. The summed E-state index contributed by atoms with van der Waals surface area (Å²) in [5.74, 6) is -0.708. The van der Waals surface area contributed by atoms with Crippen molar-refractivity contribution in [2.24, 2.45) is 5.92 Å². The Bertz CT molecular complexity index is 1220. The van der Waals surface area contributed by atoms with Crippen LogP contribution in [0.2, 0.25) is 0 Å². The van der Waals surface area contributed by atoms with Gasteiger partial charge in [0.15, 0.2) is 5.13 Å². The Morgan fingerprint density at radius 2 is 2.00 bits per heavy atom. The van der Waals surface area contributed by atoms with Crippen LogP contribution in [0.25, 0.3) is 0 Å². The number of ether oxygens (including phenoxy) is 2. The Morgan fingerprint density at radius 1 is 1.21 bits per heavy atom. The van der Waals surface area contributed by atoms with Crippen LogP contribution >= 0.6 is 11.3 Å². The number of aromatic nitrogens is 1. The van der Waals surface area contributed by atoms with Crippen molar-refractivity contribution < 1.29 is 23.9 Å². The van der Waals surface area contributed by atoms with Gasteiger partial charge in [-0.1, -0.05) is 44.9 Å². The number of amides is 2. The Labute approximate surface area is 233 Å². The fourth-order valence-corrected chi connectivity index (χ4v) is 6.62. The number of hydrogen-bond donors (Lipinski definition) is 1. The molecular weight excluding hydrogens is 516 g/mol. The second kappa shape index (κ2) is 11.9. The summed E-state index contributed by atoms with van der Waals surface area (Å²) in [5, 5.41) is 6.13. The number of carbonyl (C=O) groups is 3. The van der Waals surface area contributed by atoms with Crippen molar-refractivity contribution in [2.75, 3.05) is 19.0 Å². The lowest BCUT2D eigenvalue weighted by atomic mass is 9.97. The van der Waals surface area contributed by atoms with Crippen LogP contribution in [0, 0.1) is 5.92 Å². The van der Waals surface area contributed by atoms with Crippen molar-refractivity contribution >= 4 is 34.4 Å². The fourth-order valence-electron chi connectivity index (χ4n) is 5.84. The standard InChI is InChI=1S/C29H38N4O5S/c1-4-18(2)25-26(34)33-15-22(13-24(33)27(35)37-3)38-29(36)32-14-20-11-8-10-19(23(20)16-32)9-6-5-7-12-21-17-39-28(30-21)31-25/h8,10-11,17-18,22,24-25H,4-7,9,12-16H2,1-3H3,(H,30,31)/t18-,22+,24-,25-/m0/s1. The summed E-state index contributed by atoms with van der Waals surface area (Å²) in [4.78, 5) is 47.9. The maximum absolute atomic E-state index is 13.9. The Kier molecular flexibility index (Phi) is 8.40. The molecule has 10 heteroatoms. The zero-order valence-corrected chi connectivity index (χ0v) is 23.8. The molecule has 1 aromatic heterocycles. The molecule has 6 bridgehead atoms. The first-order chi connectivity index (χ1) is 18.9. The predicted molar refractivity (Wildman–Crippen MR) is 148 cm³/mol. The molecular formula is C29H38N4O5S. The number of benzene rings is 1. The first kappa shape index (κ1) is 27.4. The van der Waals surface area contributed by atoms with Crippen molar-refractivity contribution in [2.45, 2.75) is 90.1 Å². The van der Waals surface area contributed by atoms with E-state index in [0.29, 0.717) is 18.2 Å². The largest absolute Gasteiger partial charge is 0.467 e. The molecule has 1 saturated heterocycles. The van der Waals surface area contributed by atoms with E-state index in [2.05, 4.69) is 28.9 Å². The molecule has 3 aliphatic rings. The minimum absolute atomic E-state index is 0.0000875. The molecule has 9 nitrogen and oxygen atoms in total. The quantitative estimate of drug-likeness (QED) is 0.556. The summed E-state index contributed by atoms with van der Waals surface area (Å²) < 4.78 is 10.9. The molecule has 2 aromatic rings. The summed E-state index contributed by atoms with van der Waals surface area (Å²) in [6, 6.07) is 4.93. The van der Waals surface area contributed by atoms with Crippen LogP contribution in [0.15, 0.2) is 23.6 Å². The average Bonchev–Trinajstić information content (AvgIpc) is 3.68. The fraction of sp³-hybridized carbons (Fsp3) is 0.586. The SMILES string of the molecule is CC[C@H](C)[C@@H]1Nc2nc(cs2)CCCCCc2cccc3c2CN(C3)C(=O)O[C@@H]2C[C@@H](C(=O)OC)N(C2)C1=O. The van der Waals surface area contributed by atoms with Gasteiger partial charge in [-0.15, -0.1) is 11.3 Å². The van der Waals surface area contributed by atoms with E-state index in [-0.39, 0.29) is 24.8 Å². The van der Waals surface area contributed by atoms with E-state index >= 15 is 0 Å². The van der Waals surface area contributed by atoms with Gasteiger partial charge < -0.3 is 19.7 Å². The van der Waals surface area contributed by atoms with Gasteiger partial charge in [-0.05, 0) is 48.3 Å². The molecule has 3 aliphatic heterocycles. The second-order valence-corrected chi connectivity index (χ2v) is 11.8. The van der Waals surface area contributed by atoms with Crippen molar-refractivity contribution in [3.63, 3.8) is 0 Å². The van der Waals surface area contributed by atoms with Crippen molar-refractivity contribution in [3.05, 3.63) is 46.0 Å². The van der Waals surface area contributed by atoms with Gasteiger partial charge in [0, 0.05) is 24.9 Å². The molecule has 210 valence electrons. The molecule has 0 unspecified atom stereocenters. The number of aryl methyl sites for hydroxylation is 2. The Morgan fingerprint density at radius 3 is 2.79 bits per heavy atom. The summed E-state index contributed by atoms with van der Waals surface area (Å²) in [6.07, 6.45) is 5.06. The van der Waals surface area contributed by atoms with Crippen LogP contribution in [0.3, 0.4) is 0 Å². The molecule has 0 saturated carbocycles. The van der Waals surface area contributed by atoms with E-state index in [4.69, 9.17) is 14.5 Å². The van der Waals surface area contributed by atoms with Gasteiger partial charge >= 0.3 is 12.1 Å². The van der Waals surface area contributed by atoms with Gasteiger partial charge in [0.2, 0.25) is 5.91 Å². The lowest BCUT2D eigenvalue weighted by Crippen LogP contribution is -2.50. The number of anilines is 1. The van der Waals surface area contributed by atoms with Gasteiger partial charge in [-0.2, -0.15) is 0 Å². The van der Waals surface area contributed by atoms with Crippen LogP contribution in [0.1, 0.15) is 68.3 Å². The number of carbonyl (C=O) groups excluding carboxylic acids is 3. The number of esters is 1. The van der Waals surface area contributed by atoms with Crippen molar-refractivity contribution in [3.8, 4) is 0 Å². The zero-order chi connectivity index (χ0) is 27.5.